The molecule has 17 heavy (non-hydrogen) atoms. The molecule has 0 radical (unpaired) electrons. The van der Waals surface area contributed by atoms with Gasteiger partial charge in [-0.25, -0.2) is 8.42 Å². The van der Waals surface area contributed by atoms with E-state index in [1.54, 1.807) is 0 Å². The van der Waals surface area contributed by atoms with Crippen molar-refractivity contribution in [3.8, 4) is 0 Å². The minimum absolute atomic E-state index is 0.00419. The lowest BCUT2D eigenvalue weighted by molar-refractivity contribution is 0.222. The van der Waals surface area contributed by atoms with Crippen LogP contribution < -0.4 is 5.32 Å². The van der Waals surface area contributed by atoms with E-state index in [0.717, 1.165) is 19.3 Å². The summed E-state index contributed by atoms with van der Waals surface area (Å²) < 4.78 is 23.2. The van der Waals surface area contributed by atoms with Crippen LogP contribution in [0.25, 0.3) is 0 Å². The van der Waals surface area contributed by atoms with E-state index < -0.39 is 9.84 Å². The molecule has 1 fully saturated rings. The minimum atomic E-state index is -2.81. The lowest BCUT2D eigenvalue weighted by atomic mass is 9.81. The fourth-order valence-electron chi connectivity index (χ4n) is 3.07. The molecule has 1 unspecified atom stereocenters. The smallest absolute Gasteiger partial charge is 0.151 e. The summed E-state index contributed by atoms with van der Waals surface area (Å²) in [7, 11) is -2.81. The molecule has 1 atom stereocenters. The zero-order valence-electron chi connectivity index (χ0n) is 11.8. The maximum atomic E-state index is 11.6. The third kappa shape index (κ3) is 5.87. The van der Waals surface area contributed by atoms with E-state index in [1.807, 2.05) is 0 Å². The van der Waals surface area contributed by atoms with Gasteiger partial charge in [-0.3, -0.25) is 0 Å². The summed E-state index contributed by atoms with van der Waals surface area (Å²) in [5, 5.41) is 3.53. The molecule has 1 saturated heterocycles. The van der Waals surface area contributed by atoms with E-state index in [2.05, 4.69) is 39.9 Å². The predicted molar refractivity (Wildman–Crippen MR) is 73.0 cm³/mol. The summed E-state index contributed by atoms with van der Waals surface area (Å²) in [6, 6.07) is 0.131. The zero-order chi connectivity index (χ0) is 13.3. The highest BCUT2D eigenvalue weighted by Gasteiger charge is 2.31. The maximum absolute atomic E-state index is 11.6. The molecule has 0 aromatic rings. The van der Waals surface area contributed by atoms with Crippen molar-refractivity contribution < 1.29 is 8.42 Å². The van der Waals surface area contributed by atoms with Crippen LogP contribution in [0.2, 0.25) is 0 Å². The van der Waals surface area contributed by atoms with Crippen molar-refractivity contribution in [1.29, 1.82) is 0 Å². The molecular weight excluding hydrogens is 234 g/mol. The van der Waals surface area contributed by atoms with Crippen LogP contribution in [0.15, 0.2) is 0 Å². The molecule has 1 heterocycles. The Morgan fingerprint density at radius 1 is 1.18 bits per heavy atom. The quantitative estimate of drug-likeness (QED) is 0.848. The molecule has 3 nitrogen and oxygen atoms in total. The first-order valence-electron chi connectivity index (χ1n) is 6.47. The molecule has 0 aromatic carbocycles. The average Bonchev–Trinajstić information content (AvgIpc) is 1.94. The molecule has 4 heteroatoms. The molecule has 0 aromatic heterocycles. The second kappa shape index (κ2) is 4.88. The summed E-state index contributed by atoms with van der Waals surface area (Å²) >= 11 is 0. The van der Waals surface area contributed by atoms with Crippen molar-refractivity contribution in [3.63, 3.8) is 0 Å². The number of hydrogen-bond donors (Lipinski definition) is 1. The molecule has 1 rings (SSSR count). The Hall–Kier alpha value is -0.0900. The van der Waals surface area contributed by atoms with Crippen LogP contribution >= 0.6 is 0 Å². The van der Waals surface area contributed by atoms with Crippen molar-refractivity contribution in [2.45, 2.75) is 65.5 Å². The number of rotatable bonds is 3. The maximum Gasteiger partial charge on any atom is 0.151 e. The standard InChI is InChI=1S/C13H27NO2S/c1-12(2,3)10-13(4,5)14-11-7-6-8-17(15,16)9-11/h11,14H,6-10H2,1-5H3. The Morgan fingerprint density at radius 3 is 2.24 bits per heavy atom. The summed E-state index contributed by atoms with van der Waals surface area (Å²) in [6.45, 7) is 11.0. The molecule has 0 bridgehead atoms. The fourth-order valence-corrected chi connectivity index (χ4v) is 4.70. The summed E-state index contributed by atoms with van der Waals surface area (Å²) in [5.41, 5.74) is 0.250. The average molecular weight is 261 g/mol. The SMILES string of the molecule is CC(C)(C)CC(C)(C)NC1CCCS(=O)(=O)C1. The summed E-state index contributed by atoms with van der Waals surface area (Å²) in [6.07, 6.45) is 2.81. The number of sulfone groups is 1. The van der Waals surface area contributed by atoms with Crippen molar-refractivity contribution in [2.24, 2.45) is 5.41 Å². The molecule has 0 saturated carbocycles. The van der Waals surface area contributed by atoms with Crippen LogP contribution in [0.3, 0.4) is 0 Å². The Morgan fingerprint density at radius 2 is 1.76 bits per heavy atom. The van der Waals surface area contributed by atoms with Crippen molar-refractivity contribution >= 4 is 9.84 Å². The lowest BCUT2D eigenvalue weighted by Crippen LogP contribution is -2.51. The second-order valence-electron chi connectivity index (χ2n) is 7.22. The Labute approximate surface area is 106 Å². The van der Waals surface area contributed by atoms with Gasteiger partial charge < -0.3 is 5.32 Å². The van der Waals surface area contributed by atoms with Gasteiger partial charge in [-0.2, -0.15) is 0 Å². The molecular formula is C13H27NO2S. The fraction of sp³-hybridized carbons (Fsp3) is 1.00. The van der Waals surface area contributed by atoms with Gasteiger partial charge in [-0.15, -0.1) is 0 Å². The van der Waals surface area contributed by atoms with E-state index in [0.29, 0.717) is 11.5 Å². The number of hydrogen-bond acceptors (Lipinski definition) is 3. The molecule has 102 valence electrons. The van der Waals surface area contributed by atoms with E-state index in [4.69, 9.17) is 0 Å². The van der Waals surface area contributed by atoms with E-state index >= 15 is 0 Å². The van der Waals surface area contributed by atoms with Gasteiger partial charge in [0.15, 0.2) is 9.84 Å². The number of nitrogens with one attached hydrogen (secondary N) is 1. The second-order valence-corrected chi connectivity index (χ2v) is 9.45. The first-order chi connectivity index (χ1) is 7.49. The third-order valence-corrected chi connectivity index (χ3v) is 4.85. The molecule has 1 N–H and O–H groups in total. The Bertz CT molecular complexity index is 352. The first-order valence-corrected chi connectivity index (χ1v) is 8.29. The highest BCUT2D eigenvalue weighted by atomic mass is 32.2. The van der Waals surface area contributed by atoms with Gasteiger partial charge in [-0.05, 0) is 38.5 Å². The van der Waals surface area contributed by atoms with Gasteiger partial charge in [0.25, 0.3) is 0 Å². The van der Waals surface area contributed by atoms with Crippen molar-refractivity contribution in [2.75, 3.05) is 11.5 Å². The van der Waals surface area contributed by atoms with Gasteiger partial charge in [-0.1, -0.05) is 20.8 Å². The van der Waals surface area contributed by atoms with Crippen LogP contribution in [0.5, 0.6) is 0 Å². The van der Waals surface area contributed by atoms with E-state index in [-0.39, 0.29) is 17.0 Å². The monoisotopic (exact) mass is 261 g/mol. The highest BCUT2D eigenvalue weighted by molar-refractivity contribution is 7.91. The molecule has 0 aliphatic carbocycles. The predicted octanol–water partition coefficient (Wildman–Crippen LogP) is 2.37. The van der Waals surface area contributed by atoms with Crippen molar-refractivity contribution in [3.05, 3.63) is 0 Å². The Balaban J connectivity index is 2.58. The summed E-state index contributed by atoms with van der Waals surface area (Å²) in [5.74, 6) is 0.672. The van der Waals surface area contributed by atoms with Crippen molar-refractivity contribution in [1.82, 2.24) is 5.32 Å². The largest absolute Gasteiger partial charge is 0.308 e. The van der Waals surface area contributed by atoms with Gasteiger partial charge in [0.1, 0.15) is 0 Å². The van der Waals surface area contributed by atoms with Gasteiger partial charge in [0.2, 0.25) is 0 Å². The summed E-state index contributed by atoms with van der Waals surface area (Å²) in [4.78, 5) is 0. The van der Waals surface area contributed by atoms with E-state index in [9.17, 15) is 8.42 Å². The van der Waals surface area contributed by atoms with Crippen LogP contribution in [-0.2, 0) is 9.84 Å². The topological polar surface area (TPSA) is 46.2 Å². The van der Waals surface area contributed by atoms with Crippen LogP contribution in [0.4, 0.5) is 0 Å². The van der Waals surface area contributed by atoms with Crippen LogP contribution in [0, 0.1) is 5.41 Å². The minimum Gasteiger partial charge on any atom is -0.308 e. The van der Waals surface area contributed by atoms with Crippen LogP contribution in [0.1, 0.15) is 53.9 Å². The highest BCUT2D eigenvalue weighted by Crippen LogP contribution is 2.28. The zero-order valence-corrected chi connectivity index (χ0v) is 12.7. The first kappa shape index (κ1) is 15.0. The van der Waals surface area contributed by atoms with Gasteiger partial charge in [0.05, 0.1) is 11.5 Å². The third-order valence-electron chi connectivity index (χ3n) is 3.03. The molecule has 0 spiro atoms. The van der Waals surface area contributed by atoms with E-state index in [1.165, 1.54) is 0 Å². The van der Waals surface area contributed by atoms with Gasteiger partial charge in [0, 0.05) is 11.6 Å². The van der Waals surface area contributed by atoms with Crippen LogP contribution in [-0.4, -0.2) is 31.5 Å². The molecule has 1 aliphatic rings. The van der Waals surface area contributed by atoms with Gasteiger partial charge >= 0.3 is 0 Å². The molecule has 1 aliphatic heterocycles. The molecule has 0 amide bonds. The Kier molecular flexibility index (Phi) is 4.30. The normalized spacial score (nSPS) is 25.8. The lowest BCUT2D eigenvalue weighted by Gasteiger charge is -2.37.